The van der Waals surface area contributed by atoms with Crippen molar-refractivity contribution in [2.24, 2.45) is 0 Å². The highest BCUT2D eigenvalue weighted by Gasteiger charge is 2.34. The number of furan rings is 1. The molecule has 1 N–H and O–H groups in total. The first-order chi connectivity index (χ1) is 12.2. The van der Waals surface area contributed by atoms with Crippen molar-refractivity contribution in [2.75, 3.05) is 11.9 Å². The number of anilines is 1. The summed E-state index contributed by atoms with van der Waals surface area (Å²) in [5, 5.41) is 7.75. The summed E-state index contributed by atoms with van der Waals surface area (Å²) in [5.74, 6) is 1.12. The van der Waals surface area contributed by atoms with Crippen LogP contribution in [0.4, 0.5) is 10.2 Å². The predicted molar refractivity (Wildman–Crippen MR) is 91.8 cm³/mol. The number of ketones is 1. The van der Waals surface area contributed by atoms with Gasteiger partial charge < -0.3 is 9.73 Å². The Bertz CT molecular complexity index is 898. The minimum Gasteiger partial charge on any atom is -0.469 e. The van der Waals surface area contributed by atoms with Gasteiger partial charge in [-0.2, -0.15) is 0 Å². The van der Waals surface area contributed by atoms with Gasteiger partial charge in [0.15, 0.2) is 11.6 Å². The van der Waals surface area contributed by atoms with Gasteiger partial charge in [-0.15, -0.1) is 5.10 Å². The smallest absolute Gasteiger partial charge is 0.169 e. The second-order valence-corrected chi connectivity index (χ2v) is 6.13. The maximum atomic E-state index is 13.3. The van der Waals surface area contributed by atoms with Crippen LogP contribution in [0.5, 0.6) is 0 Å². The molecule has 0 spiro atoms. The molecule has 4 rings (SSSR count). The van der Waals surface area contributed by atoms with Gasteiger partial charge in [0.05, 0.1) is 23.2 Å². The van der Waals surface area contributed by atoms with E-state index in [2.05, 4.69) is 10.4 Å². The largest absolute Gasteiger partial charge is 0.469 e. The number of benzene rings is 1. The van der Waals surface area contributed by atoms with Crippen LogP contribution in [0.25, 0.3) is 5.69 Å². The average molecular weight is 339 g/mol. The third-order valence-corrected chi connectivity index (χ3v) is 4.49. The second-order valence-electron chi connectivity index (χ2n) is 6.13. The van der Waals surface area contributed by atoms with Crippen molar-refractivity contribution in [2.45, 2.75) is 25.7 Å². The summed E-state index contributed by atoms with van der Waals surface area (Å²) in [7, 11) is 0. The molecule has 1 aliphatic carbocycles. The van der Waals surface area contributed by atoms with Crippen LogP contribution in [-0.2, 0) is 6.42 Å². The van der Waals surface area contributed by atoms with Crippen LogP contribution in [0.1, 0.15) is 41.1 Å². The van der Waals surface area contributed by atoms with Gasteiger partial charge in [-0.3, -0.25) is 4.79 Å². The lowest BCUT2D eigenvalue weighted by Crippen LogP contribution is -2.20. The van der Waals surface area contributed by atoms with Crippen molar-refractivity contribution in [3.8, 4) is 5.69 Å². The zero-order chi connectivity index (χ0) is 17.4. The highest BCUT2D eigenvalue weighted by molar-refractivity contribution is 6.03. The summed E-state index contributed by atoms with van der Waals surface area (Å²) in [6, 6.07) is 9.85. The van der Waals surface area contributed by atoms with E-state index >= 15 is 0 Å². The molecule has 0 saturated carbocycles. The quantitative estimate of drug-likeness (QED) is 0.782. The molecule has 1 aromatic carbocycles. The lowest BCUT2D eigenvalue weighted by molar-refractivity contribution is 0.0960. The lowest BCUT2D eigenvalue weighted by atomic mass is 9.85. The first-order valence-electron chi connectivity index (χ1n) is 8.35. The lowest BCUT2D eigenvalue weighted by Gasteiger charge is -2.21. The summed E-state index contributed by atoms with van der Waals surface area (Å²) >= 11 is 0. The van der Waals surface area contributed by atoms with E-state index in [0.29, 0.717) is 30.8 Å². The van der Waals surface area contributed by atoms with Gasteiger partial charge in [0.2, 0.25) is 0 Å². The predicted octanol–water partition coefficient (Wildman–Crippen LogP) is 3.95. The van der Waals surface area contributed by atoms with Crippen LogP contribution in [-0.4, -0.2) is 22.1 Å². The minimum atomic E-state index is -0.304. The molecule has 25 heavy (non-hydrogen) atoms. The van der Waals surface area contributed by atoms with E-state index < -0.39 is 0 Å². The number of nitrogens with one attached hydrogen (secondary N) is 1. The van der Waals surface area contributed by atoms with E-state index in [4.69, 9.17) is 4.42 Å². The van der Waals surface area contributed by atoms with Crippen molar-refractivity contribution in [3.05, 3.63) is 65.5 Å². The van der Waals surface area contributed by atoms with Crippen molar-refractivity contribution < 1.29 is 13.6 Å². The molecule has 0 aliphatic heterocycles. The van der Waals surface area contributed by atoms with E-state index in [9.17, 15) is 9.18 Å². The Morgan fingerprint density at radius 3 is 2.76 bits per heavy atom. The summed E-state index contributed by atoms with van der Waals surface area (Å²) < 4.78 is 20.5. The van der Waals surface area contributed by atoms with Crippen molar-refractivity contribution in [1.29, 1.82) is 0 Å². The van der Waals surface area contributed by atoms with Crippen LogP contribution < -0.4 is 5.32 Å². The van der Waals surface area contributed by atoms with Gasteiger partial charge in [0, 0.05) is 25.3 Å². The third kappa shape index (κ3) is 2.73. The molecular weight excluding hydrogens is 321 g/mol. The molecule has 2 aromatic heterocycles. The number of aromatic nitrogens is 2. The molecule has 0 fully saturated rings. The summed E-state index contributed by atoms with van der Waals surface area (Å²) in [5.41, 5.74) is 2.20. The van der Waals surface area contributed by atoms with Gasteiger partial charge in [-0.1, -0.05) is 0 Å². The first-order valence-corrected chi connectivity index (χ1v) is 8.35. The molecule has 0 amide bonds. The molecule has 0 bridgehead atoms. The molecule has 1 aliphatic rings. The number of carbonyl (C=O) groups is 1. The molecule has 0 radical (unpaired) electrons. The molecule has 1 atom stereocenters. The Kier molecular flexibility index (Phi) is 3.87. The normalized spacial score (nSPS) is 16.7. The maximum absolute atomic E-state index is 13.3. The van der Waals surface area contributed by atoms with E-state index in [0.717, 1.165) is 17.1 Å². The number of halogens is 1. The van der Waals surface area contributed by atoms with Crippen molar-refractivity contribution >= 4 is 11.6 Å². The topological polar surface area (TPSA) is 60.1 Å². The first kappa shape index (κ1) is 15.6. The number of carbonyl (C=O) groups excluding carboxylic acids is 1. The number of hydrogen-bond donors (Lipinski definition) is 1. The van der Waals surface area contributed by atoms with Crippen molar-refractivity contribution in [1.82, 2.24) is 9.78 Å². The maximum Gasteiger partial charge on any atom is 0.169 e. The highest BCUT2D eigenvalue weighted by Crippen LogP contribution is 2.37. The number of nitrogens with zero attached hydrogens (tertiary/aromatic N) is 2. The van der Waals surface area contributed by atoms with Crippen LogP contribution in [0.2, 0.25) is 0 Å². The number of fused-ring (bicyclic) bond motifs is 1. The Morgan fingerprint density at radius 1 is 1.28 bits per heavy atom. The molecule has 0 saturated heterocycles. The SMILES string of the molecule is CCNc1nn(-c2ccc(F)cc2)c2c1C(=O)C[C@@H](c1ccco1)C2. The molecule has 3 aromatic rings. The van der Waals surface area contributed by atoms with Gasteiger partial charge in [0.1, 0.15) is 11.6 Å². The zero-order valence-corrected chi connectivity index (χ0v) is 13.8. The standard InChI is InChI=1S/C19H18FN3O2/c1-2-21-19-18-15(23(22-19)14-7-5-13(20)6-8-14)10-12(11-16(18)24)17-4-3-9-25-17/h3-9,12H,2,10-11H2,1H3,(H,21,22)/t12-/m0/s1. The Morgan fingerprint density at radius 2 is 2.08 bits per heavy atom. The number of hydrogen-bond acceptors (Lipinski definition) is 4. The van der Waals surface area contributed by atoms with Gasteiger partial charge >= 0.3 is 0 Å². The minimum absolute atomic E-state index is 0.0135. The van der Waals surface area contributed by atoms with Crippen LogP contribution >= 0.6 is 0 Å². The second kappa shape index (κ2) is 6.20. The van der Waals surface area contributed by atoms with E-state index in [1.807, 2.05) is 19.1 Å². The highest BCUT2D eigenvalue weighted by atomic mass is 19.1. The molecule has 5 nitrogen and oxygen atoms in total. The summed E-state index contributed by atoms with van der Waals surface area (Å²) in [6.07, 6.45) is 2.66. The van der Waals surface area contributed by atoms with E-state index in [1.165, 1.54) is 12.1 Å². The molecule has 2 heterocycles. The summed E-state index contributed by atoms with van der Waals surface area (Å²) in [6.45, 7) is 2.63. The van der Waals surface area contributed by atoms with Gasteiger partial charge in [-0.05, 0) is 43.3 Å². The van der Waals surface area contributed by atoms with Crippen LogP contribution in [0.3, 0.4) is 0 Å². The number of Topliss-reactive ketones (excluding diaryl/α,β-unsaturated/α-hetero) is 1. The van der Waals surface area contributed by atoms with E-state index in [1.54, 1.807) is 23.1 Å². The molecular formula is C19H18FN3O2. The van der Waals surface area contributed by atoms with Gasteiger partial charge in [0.25, 0.3) is 0 Å². The monoisotopic (exact) mass is 339 g/mol. The molecule has 0 unspecified atom stereocenters. The summed E-state index contributed by atoms with van der Waals surface area (Å²) in [4.78, 5) is 12.8. The fourth-order valence-electron chi connectivity index (χ4n) is 3.38. The van der Waals surface area contributed by atoms with E-state index in [-0.39, 0.29) is 17.5 Å². The zero-order valence-electron chi connectivity index (χ0n) is 13.8. The Labute approximate surface area is 144 Å². The van der Waals surface area contributed by atoms with Crippen LogP contribution in [0.15, 0.2) is 47.1 Å². The fourth-order valence-corrected chi connectivity index (χ4v) is 3.38. The average Bonchev–Trinajstić information content (AvgIpc) is 3.24. The molecule has 6 heteroatoms. The fraction of sp³-hybridized carbons (Fsp3) is 0.263. The number of rotatable bonds is 4. The molecule has 128 valence electrons. The van der Waals surface area contributed by atoms with Gasteiger partial charge in [-0.25, -0.2) is 9.07 Å². The Hall–Kier alpha value is -2.89. The van der Waals surface area contributed by atoms with Crippen molar-refractivity contribution in [3.63, 3.8) is 0 Å². The third-order valence-electron chi connectivity index (χ3n) is 4.49. The van der Waals surface area contributed by atoms with Crippen LogP contribution in [0, 0.1) is 5.82 Å². The Balaban J connectivity index is 1.82.